The molecule has 98 valence electrons. The zero-order valence-electron chi connectivity index (χ0n) is 10.4. The second-order valence-corrected chi connectivity index (χ2v) is 6.13. The van der Waals surface area contributed by atoms with Gasteiger partial charge in [0.25, 0.3) is 0 Å². The molecule has 1 aromatic heterocycles. The second kappa shape index (κ2) is 4.62. The first-order valence-corrected chi connectivity index (χ1v) is 7.35. The van der Waals surface area contributed by atoms with Crippen molar-refractivity contribution in [1.82, 2.24) is 4.98 Å². The molecule has 0 bridgehead atoms. The quantitative estimate of drug-likeness (QED) is 0.935. The molecule has 0 saturated heterocycles. The van der Waals surface area contributed by atoms with Gasteiger partial charge in [-0.1, -0.05) is 23.7 Å². The standard InChI is InChI=1S/C14H13ClN2OS/c1-9-8-19-13(16-9)17-12(18)14(6-7-14)10-2-4-11(15)5-3-10/h2-5,8H,6-7H2,1H3,(H,16,17,18). The molecule has 1 aliphatic carbocycles. The van der Waals surface area contributed by atoms with Gasteiger partial charge in [0, 0.05) is 10.4 Å². The number of halogens is 1. The summed E-state index contributed by atoms with van der Waals surface area (Å²) in [7, 11) is 0. The minimum Gasteiger partial charge on any atom is -0.301 e. The fourth-order valence-electron chi connectivity index (χ4n) is 2.17. The van der Waals surface area contributed by atoms with Crippen molar-refractivity contribution in [3.8, 4) is 0 Å². The highest BCUT2D eigenvalue weighted by Gasteiger charge is 2.51. The van der Waals surface area contributed by atoms with Crippen LogP contribution in [0, 0.1) is 6.92 Å². The van der Waals surface area contributed by atoms with Crippen LogP contribution in [0.25, 0.3) is 0 Å². The van der Waals surface area contributed by atoms with Crippen molar-refractivity contribution in [2.45, 2.75) is 25.2 Å². The molecule has 1 fully saturated rings. The molecule has 5 heteroatoms. The van der Waals surface area contributed by atoms with Crippen molar-refractivity contribution >= 4 is 34.0 Å². The van der Waals surface area contributed by atoms with Gasteiger partial charge in [-0.2, -0.15) is 0 Å². The van der Waals surface area contributed by atoms with Crippen molar-refractivity contribution in [1.29, 1.82) is 0 Å². The van der Waals surface area contributed by atoms with Crippen LogP contribution in [-0.4, -0.2) is 10.9 Å². The van der Waals surface area contributed by atoms with Gasteiger partial charge in [0.15, 0.2) is 5.13 Å². The molecule has 3 nitrogen and oxygen atoms in total. The topological polar surface area (TPSA) is 42.0 Å². The summed E-state index contributed by atoms with van der Waals surface area (Å²) in [5.41, 5.74) is 1.57. The molecule has 0 spiro atoms. The average Bonchev–Trinajstić information content (AvgIpc) is 3.10. The van der Waals surface area contributed by atoms with Crippen LogP contribution < -0.4 is 5.32 Å². The van der Waals surface area contributed by atoms with Crippen LogP contribution >= 0.6 is 22.9 Å². The summed E-state index contributed by atoms with van der Waals surface area (Å²) < 4.78 is 0. The molecule has 0 atom stereocenters. The largest absolute Gasteiger partial charge is 0.301 e. The van der Waals surface area contributed by atoms with E-state index < -0.39 is 0 Å². The Labute approximate surface area is 120 Å². The number of hydrogen-bond acceptors (Lipinski definition) is 3. The first-order chi connectivity index (χ1) is 9.10. The maximum Gasteiger partial charge on any atom is 0.236 e. The Balaban J connectivity index is 1.81. The second-order valence-electron chi connectivity index (χ2n) is 4.84. The van der Waals surface area contributed by atoms with Crippen molar-refractivity contribution in [2.75, 3.05) is 5.32 Å². The Kier molecular flexibility index (Phi) is 3.07. The van der Waals surface area contributed by atoms with E-state index in [0.29, 0.717) is 10.2 Å². The molecule has 0 aliphatic heterocycles. The maximum absolute atomic E-state index is 12.4. The Morgan fingerprint density at radius 3 is 2.58 bits per heavy atom. The van der Waals surface area contributed by atoms with Crippen LogP contribution in [0.3, 0.4) is 0 Å². The molecule has 1 heterocycles. The normalized spacial score (nSPS) is 16.1. The molecule has 3 rings (SSSR count). The lowest BCUT2D eigenvalue weighted by molar-refractivity contribution is -0.118. The molecule has 0 radical (unpaired) electrons. The Morgan fingerprint density at radius 1 is 1.37 bits per heavy atom. The summed E-state index contributed by atoms with van der Waals surface area (Å²) in [6.45, 7) is 1.91. The van der Waals surface area contributed by atoms with Crippen LogP contribution in [-0.2, 0) is 10.2 Å². The van der Waals surface area contributed by atoms with E-state index in [-0.39, 0.29) is 11.3 Å². The van der Waals surface area contributed by atoms with Gasteiger partial charge in [-0.25, -0.2) is 4.98 Å². The van der Waals surface area contributed by atoms with E-state index in [9.17, 15) is 4.79 Å². The van der Waals surface area contributed by atoms with Gasteiger partial charge in [0.05, 0.1) is 11.1 Å². The average molecular weight is 293 g/mol. The number of carbonyl (C=O) groups excluding carboxylic acids is 1. The third-order valence-electron chi connectivity index (χ3n) is 3.42. The third kappa shape index (κ3) is 2.38. The minimum atomic E-state index is -0.385. The lowest BCUT2D eigenvalue weighted by atomic mass is 9.95. The van der Waals surface area contributed by atoms with Crippen molar-refractivity contribution in [2.24, 2.45) is 0 Å². The van der Waals surface area contributed by atoms with Crippen LogP contribution in [0.15, 0.2) is 29.6 Å². The Morgan fingerprint density at radius 2 is 2.05 bits per heavy atom. The highest BCUT2D eigenvalue weighted by Crippen LogP contribution is 2.49. The number of nitrogens with one attached hydrogen (secondary N) is 1. The molecule has 1 N–H and O–H groups in total. The number of nitrogens with zero attached hydrogens (tertiary/aromatic N) is 1. The maximum atomic E-state index is 12.4. The van der Waals surface area contributed by atoms with Crippen molar-refractivity contribution < 1.29 is 4.79 Å². The number of hydrogen-bond donors (Lipinski definition) is 1. The van der Waals surface area contributed by atoms with Crippen molar-refractivity contribution in [3.63, 3.8) is 0 Å². The van der Waals surface area contributed by atoms with Crippen molar-refractivity contribution in [3.05, 3.63) is 45.9 Å². The number of anilines is 1. The molecule has 2 aromatic rings. The summed E-state index contributed by atoms with van der Waals surface area (Å²) in [6, 6.07) is 7.53. The molecule has 1 saturated carbocycles. The molecule has 1 aromatic carbocycles. The predicted octanol–water partition coefficient (Wildman–Crippen LogP) is 3.78. The lowest BCUT2D eigenvalue weighted by Gasteiger charge is -2.14. The zero-order chi connectivity index (χ0) is 13.5. The highest BCUT2D eigenvalue weighted by molar-refractivity contribution is 7.13. The van der Waals surface area contributed by atoms with Gasteiger partial charge in [-0.05, 0) is 37.5 Å². The summed E-state index contributed by atoms with van der Waals surface area (Å²) in [5.74, 6) is 0.0316. The highest BCUT2D eigenvalue weighted by atomic mass is 35.5. The zero-order valence-corrected chi connectivity index (χ0v) is 12.0. The first kappa shape index (κ1) is 12.6. The number of thiazole rings is 1. The third-order valence-corrected chi connectivity index (χ3v) is 4.55. The van der Waals surface area contributed by atoms with Gasteiger partial charge in [0.1, 0.15) is 0 Å². The number of rotatable bonds is 3. The predicted molar refractivity (Wildman–Crippen MR) is 77.8 cm³/mol. The molecule has 19 heavy (non-hydrogen) atoms. The summed E-state index contributed by atoms with van der Waals surface area (Å²) in [4.78, 5) is 16.7. The Hall–Kier alpha value is -1.39. The summed E-state index contributed by atoms with van der Waals surface area (Å²) in [6.07, 6.45) is 1.76. The van der Waals surface area contributed by atoms with Gasteiger partial charge in [-0.15, -0.1) is 11.3 Å². The van der Waals surface area contributed by atoms with E-state index in [1.54, 1.807) is 0 Å². The molecule has 0 unspecified atom stereocenters. The summed E-state index contributed by atoms with van der Waals surface area (Å²) >= 11 is 7.34. The van der Waals surface area contributed by atoms with E-state index in [2.05, 4.69) is 10.3 Å². The monoisotopic (exact) mass is 292 g/mol. The number of aryl methyl sites for hydroxylation is 1. The van der Waals surface area contributed by atoms with Crippen LogP contribution in [0.1, 0.15) is 24.1 Å². The molecular formula is C14H13ClN2OS. The molecule has 1 amide bonds. The van der Waals surface area contributed by atoms with E-state index >= 15 is 0 Å². The number of aromatic nitrogens is 1. The number of carbonyl (C=O) groups is 1. The summed E-state index contributed by atoms with van der Waals surface area (Å²) in [5, 5.41) is 6.20. The van der Waals surface area contributed by atoms with Gasteiger partial charge in [0.2, 0.25) is 5.91 Å². The fourth-order valence-corrected chi connectivity index (χ4v) is 2.98. The molecular weight excluding hydrogens is 280 g/mol. The number of amides is 1. The van der Waals surface area contributed by atoms with E-state index in [1.165, 1.54) is 11.3 Å². The van der Waals surface area contributed by atoms with E-state index in [4.69, 9.17) is 11.6 Å². The van der Waals surface area contributed by atoms with Gasteiger partial charge < -0.3 is 5.32 Å². The van der Waals surface area contributed by atoms with Crippen LogP contribution in [0.5, 0.6) is 0 Å². The van der Waals surface area contributed by atoms with E-state index in [1.807, 2.05) is 36.6 Å². The van der Waals surface area contributed by atoms with Crippen LogP contribution in [0.4, 0.5) is 5.13 Å². The lowest BCUT2D eigenvalue weighted by Crippen LogP contribution is -2.27. The van der Waals surface area contributed by atoms with Crippen LogP contribution in [0.2, 0.25) is 5.02 Å². The first-order valence-electron chi connectivity index (χ1n) is 6.10. The smallest absolute Gasteiger partial charge is 0.236 e. The fraction of sp³-hybridized carbons (Fsp3) is 0.286. The minimum absolute atomic E-state index is 0.0316. The van der Waals surface area contributed by atoms with Gasteiger partial charge in [-0.3, -0.25) is 4.79 Å². The molecule has 1 aliphatic rings. The Bertz CT molecular complexity index is 617. The SMILES string of the molecule is Cc1csc(NC(=O)C2(c3ccc(Cl)cc3)CC2)n1. The number of benzene rings is 1. The van der Waals surface area contributed by atoms with Gasteiger partial charge >= 0.3 is 0 Å². The van der Waals surface area contributed by atoms with E-state index in [0.717, 1.165) is 24.1 Å².